The lowest BCUT2D eigenvalue weighted by atomic mass is 10.0. The van der Waals surface area contributed by atoms with Crippen molar-refractivity contribution in [3.63, 3.8) is 0 Å². The summed E-state index contributed by atoms with van der Waals surface area (Å²) in [4.78, 5) is 135. The van der Waals surface area contributed by atoms with Crippen molar-refractivity contribution in [3.05, 3.63) is 71.9 Å². The number of para-hydroxylation sites is 1. The van der Waals surface area contributed by atoms with E-state index in [-0.39, 0.29) is 95.8 Å². The van der Waals surface area contributed by atoms with Crippen LogP contribution in [0.5, 0.6) is 0 Å². The molecule has 21 N–H and O–H groups in total. The third-order valence-corrected chi connectivity index (χ3v) is 11.9. The average molecular weight is 1030 g/mol. The Morgan fingerprint density at radius 2 is 1.32 bits per heavy atom. The summed E-state index contributed by atoms with van der Waals surface area (Å²) in [5, 5.41) is 21.9. The van der Waals surface area contributed by atoms with E-state index in [0.717, 1.165) is 10.9 Å². The van der Waals surface area contributed by atoms with Gasteiger partial charge in [0.15, 0.2) is 11.9 Å². The molecule has 9 amide bonds. The van der Waals surface area contributed by atoms with Crippen molar-refractivity contribution in [2.75, 3.05) is 19.6 Å². The van der Waals surface area contributed by atoms with Gasteiger partial charge in [-0.05, 0) is 69.1 Å². The molecule has 26 heteroatoms. The van der Waals surface area contributed by atoms with Crippen molar-refractivity contribution < 1.29 is 43.2 Å². The number of aromatic nitrogens is 1. The Bertz CT molecular complexity index is 2490. The molecule has 2 aromatic carbocycles. The maximum absolute atomic E-state index is 14.6. The van der Waals surface area contributed by atoms with Gasteiger partial charge in [0.25, 0.3) is 0 Å². The van der Waals surface area contributed by atoms with Crippen LogP contribution < -0.4 is 76.9 Å². The fourth-order valence-electron chi connectivity index (χ4n) is 8.07. The number of amides is 9. The van der Waals surface area contributed by atoms with Crippen LogP contribution in [0.4, 0.5) is 0 Å². The van der Waals surface area contributed by atoms with Crippen LogP contribution in [0.2, 0.25) is 0 Å². The summed E-state index contributed by atoms with van der Waals surface area (Å²) in [7, 11) is 0. The highest BCUT2D eigenvalue weighted by Gasteiger charge is 2.36. The molecule has 0 aliphatic carbocycles. The highest BCUT2D eigenvalue weighted by Crippen LogP contribution is 2.20. The first-order valence-electron chi connectivity index (χ1n) is 24.3. The van der Waals surface area contributed by atoms with Gasteiger partial charge in [-0.25, -0.2) is 0 Å². The smallest absolute Gasteiger partial charge is 0.244 e. The number of guanidine groups is 2. The Labute approximate surface area is 427 Å². The number of hydrogen-bond acceptors (Lipinski definition) is 12. The summed E-state index contributed by atoms with van der Waals surface area (Å²) in [5.74, 6) is -7.51. The molecular formula is C48H71N17O9. The molecule has 1 aromatic heterocycles. The minimum absolute atomic E-state index is 0.0179. The van der Waals surface area contributed by atoms with E-state index in [0.29, 0.717) is 11.1 Å². The number of nitrogens with zero attached hydrogens (tertiary/aromatic N) is 2. The first-order chi connectivity index (χ1) is 35.2. The van der Waals surface area contributed by atoms with E-state index in [1.165, 1.54) is 13.8 Å². The molecule has 1 aliphatic rings. The maximum atomic E-state index is 14.6. The molecule has 0 spiro atoms. The molecule has 1 saturated heterocycles. The number of carbonyl (C=O) groups is 9. The number of rotatable bonds is 17. The molecule has 0 bridgehead atoms. The van der Waals surface area contributed by atoms with Crippen molar-refractivity contribution in [2.45, 2.75) is 126 Å². The highest BCUT2D eigenvalue weighted by atomic mass is 16.2. The lowest BCUT2D eigenvalue weighted by Gasteiger charge is -2.29. The number of nitrogens with two attached hydrogens (primary N) is 6. The van der Waals surface area contributed by atoms with E-state index in [9.17, 15) is 43.2 Å². The second kappa shape index (κ2) is 29.3. The van der Waals surface area contributed by atoms with Crippen molar-refractivity contribution in [3.8, 4) is 0 Å². The number of H-pyrrole nitrogens is 1. The number of nitrogens with one attached hydrogen (secondary N) is 9. The number of primary amides is 1. The van der Waals surface area contributed by atoms with Gasteiger partial charge in [-0.15, -0.1) is 0 Å². The fourth-order valence-corrected chi connectivity index (χ4v) is 8.07. The van der Waals surface area contributed by atoms with Gasteiger partial charge in [0.1, 0.15) is 42.3 Å². The Morgan fingerprint density at radius 3 is 1.99 bits per heavy atom. The third kappa shape index (κ3) is 19.4. The first kappa shape index (κ1) is 58.3. The summed E-state index contributed by atoms with van der Waals surface area (Å²) < 4.78 is 0. The van der Waals surface area contributed by atoms with Crippen molar-refractivity contribution in [1.29, 1.82) is 0 Å². The summed E-state index contributed by atoms with van der Waals surface area (Å²) in [6.45, 7) is 2.78. The fraction of sp³-hybridized carbons (Fsp3) is 0.479. The summed E-state index contributed by atoms with van der Waals surface area (Å²) in [6, 6.07) is 5.15. The van der Waals surface area contributed by atoms with Gasteiger partial charge < -0.3 is 81.9 Å². The van der Waals surface area contributed by atoms with Gasteiger partial charge in [0.05, 0.1) is 0 Å². The Hall–Kier alpha value is -8.29. The van der Waals surface area contributed by atoms with E-state index >= 15 is 0 Å². The number of fused-ring (bicyclic) bond motifs is 1. The molecule has 0 radical (unpaired) electrons. The van der Waals surface area contributed by atoms with E-state index in [4.69, 9.17) is 34.4 Å². The first-order valence-corrected chi connectivity index (χ1v) is 24.3. The minimum Gasteiger partial charge on any atom is -0.370 e. The lowest BCUT2D eigenvalue weighted by molar-refractivity contribution is -0.136. The second-order valence-electron chi connectivity index (χ2n) is 18.0. The molecule has 1 fully saturated rings. The van der Waals surface area contributed by atoms with Gasteiger partial charge in [-0.3, -0.25) is 53.1 Å². The molecule has 1 unspecified atom stereocenters. The number of benzene rings is 2. The third-order valence-electron chi connectivity index (χ3n) is 11.9. The summed E-state index contributed by atoms with van der Waals surface area (Å²) in [6.07, 6.45) is 1.27. The van der Waals surface area contributed by atoms with Crippen LogP contribution in [0, 0.1) is 0 Å². The van der Waals surface area contributed by atoms with Crippen LogP contribution >= 0.6 is 0 Å². The van der Waals surface area contributed by atoms with Gasteiger partial charge >= 0.3 is 0 Å². The number of hydrogen-bond donors (Lipinski definition) is 15. The summed E-state index contributed by atoms with van der Waals surface area (Å²) in [5.41, 5.74) is 36.0. The quantitative estimate of drug-likeness (QED) is 0.0348. The molecule has 26 nitrogen and oxygen atoms in total. The predicted octanol–water partition coefficient (Wildman–Crippen LogP) is -4.00. The monoisotopic (exact) mass is 1030 g/mol. The molecule has 2 heterocycles. The second-order valence-corrected chi connectivity index (χ2v) is 18.0. The molecule has 402 valence electrons. The SMILES string of the molecule is CC(=O)N[C@@H](CCCN=C(N)N)C(=O)N[C@H]1CCC(=O)NCCC[C@@H](C(N)=O)NC(=O)[C@H](Cc2c[nH]c3ccccc23)NC(=O)[C@H](CCCN=C(N)N)NC(=O)[C@@H](Cc2ccccc2)NC(=O)[C@H](C(C)N)NC1=O. The van der Waals surface area contributed by atoms with Gasteiger partial charge in [0, 0.05) is 69.0 Å². The summed E-state index contributed by atoms with van der Waals surface area (Å²) >= 11 is 0. The van der Waals surface area contributed by atoms with Crippen LogP contribution in [0.3, 0.4) is 0 Å². The van der Waals surface area contributed by atoms with E-state index in [2.05, 4.69) is 57.5 Å². The molecule has 0 saturated carbocycles. The van der Waals surface area contributed by atoms with E-state index in [1.807, 2.05) is 18.2 Å². The van der Waals surface area contributed by atoms with E-state index < -0.39 is 101 Å². The molecular weight excluding hydrogens is 959 g/mol. The zero-order valence-electron chi connectivity index (χ0n) is 41.6. The highest BCUT2D eigenvalue weighted by molar-refractivity contribution is 5.98. The maximum Gasteiger partial charge on any atom is 0.244 e. The van der Waals surface area contributed by atoms with Gasteiger partial charge in [0.2, 0.25) is 53.2 Å². The van der Waals surface area contributed by atoms with Crippen LogP contribution in [0.1, 0.15) is 76.3 Å². The van der Waals surface area contributed by atoms with Gasteiger partial charge in [-0.1, -0.05) is 48.5 Å². The van der Waals surface area contributed by atoms with Crippen LogP contribution in [-0.4, -0.2) is 138 Å². The standard InChI is InChI=1S/C48H71N17O9/c1-26(49)39-46(74)64-36(23-28-11-4-3-5-12-28)44(72)61-34(17-10-22-57-48(53)54)42(70)63-37(24-29-25-58-31-14-7-6-13-30(29)31)45(73)60-32(40(50)68)15-8-20-55-38(67)19-18-35(43(71)65-39)62-41(69)33(59-27(2)66)16-9-21-56-47(51)52/h3-7,11-14,25-26,32-37,39,58H,8-10,15-24,49H2,1-2H3,(H2,50,68)(H,55,67)(H,59,66)(H,60,73)(H,61,72)(H,62,69)(H,63,70)(H,64,74)(H,65,71)(H4,51,52,56)(H4,53,54,57)/t26?,32-,33-,34-,35-,36+,37-,39-/m0/s1. The van der Waals surface area contributed by atoms with E-state index in [1.54, 1.807) is 42.6 Å². The molecule has 3 aromatic rings. The van der Waals surface area contributed by atoms with Crippen LogP contribution in [-0.2, 0) is 56.0 Å². The van der Waals surface area contributed by atoms with Crippen molar-refractivity contribution >= 4 is 76.0 Å². The molecule has 1 aliphatic heterocycles. The van der Waals surface area contributed by atoms with Crippen molar-refractivity contribution in [2.24, 2.45) is 44.4 Å². The minimum atomic E-state index is -1.55. The normalized spacial score (nSPS) is 21.7. The van der Waals surface area contributed by atoms with Crippen LogP contribution in [0.15, 0.2) is 70.8 Å². The average Bonchev–Trinajstić information content (AvgIpc) is 3.75. The number of aliphatic imine (C=N–C) groups is 2. The Kier molecular flexibility index (Phi) is 23.1. The van der Waals surface area contributed by atoms with Gasteiger partial charge in [-0.2, -0.15) is 0 Å². The molecule has 74 heavy (non-hydrogen) atoms. The zero-order valence-corrected chi connectivity index (χ0v) is 41.6. The Morgan fingerprint density at radius 1 is 0.716 bits per heavy atom. The zero-order chi connectivity index (χ0) is 54.3. The largest absolute Gasteiger partial charge is 0.370 e. The van der Waals surface area contributed by atoms with Crippen LogP contribution in [0.25, 0.3) is 10.9 Å². The Balaban J connectivity index is 1.76. The lowest BCUT2D eigenvalue weighted by Crippen LogP contribution is -2.63. The molecule has 4 rings (SSSR count). The predicted molar refractivity (Wildman–Crippen MR) is 275 cm³/mol. The molecule has 8 atom stereocenters. The van der Waals surface area contributed by atoms with Crippen molar-refractivity contribution in [1.82, 2.24) is 47.5 Å². The number of carbonyl (C=O) groups excluding carboxylic acids is 9. The number of aromatic amines is 1. The topological polar surface area (TPSA) is 446 Å².